The fourth-order valence-corrected chi connectivity index (χ4v) is 1.59. The molecular weight excluding hydrogens is 200 g/mol. The minimum Gasteiger partial charge on any atom is -0.399 e. The van der Waals surface area contributed by atoms with E-state index in [-0.39, 0.29) is 5.91 Å². The van der Waals surface area contributed by atoms with E-state index in [0.29, 0.717) is 17.6 Å². The van der Waals surface area contributed by atoms with Crippen LogP contribution in [0.25, 0.3) is 6.08 Å². The third-order valence-corrected chi connectivity index (χ3v) is 2.77. The van der Waals surface area contributed by atoms with Gasteiger partial charge in [0.1, 0.15) is 0 Å². The van der Waals surface area contributed by atoms with Crippen LogP contribution in [-0.4, -0.2) is 11.9 Å². The van der Waals surface area contributed by atoms with Gasteiger partial charge < -0.3 is 11.1 Å². The Bertz CT molecular complexity index is 426. The summed E-state index contributed by atoms with van der Waals surface area (Å²) < 4.78 is 0. The van der Waals surface area contributed by atoms with Gasteiger partial charge in [0.25, 0.3) is 0 Å². The Labute approximate surface area is 95.3 Å². The fourth-order valence-electron chi connectivity index (χ4n) is 1.59. The second-order valence-corrected chi connectivity index (χ2v) is 4.33. The molecule has 0 aromatic heterocycles. The van der Waals surface area contributed by atoms with E-state index < -0.39 is 0 Å². The molecule has 2 unspecified atom stereocenters. The normalized spacial score (nSPS) is 23.3. The van der Waals surface area contributed by atoms with E-state index >= 15 is 0 Å². The van der Waals surface area contributed by atoms with Gasteiger partial charge in [-0.2, -0.15) is 0 Å². The number of anilines is 1. The van der Waals surface area contributed by atoms with Gasteiger partial charge in [-0.05, 0) is 36.1 Å². The first-order valence-electron chi connectivity index (χ1n) is 5.49. The molecule has 3 nitrogen and oxygen atoms in total. The average Bonchev–Trinajstić information content (AvgIpc) is 2.91. The van der Waals surface area contributed by atoms with Crippen molar-refractivity contribution in [2.45, 2.75) is 19.4 Å². The zero-order valence-electron chi connectivity index (χ0n) is 9.31. The van der Waals surface area contributed by atoms with E-state index in [9.17, 15) is 4.79 Å². The molecule has 1 aromatic rings. The Morgan fingerprint density at radius 2 is 2.31 bits per heavy atom. The summed E-state index contributed by atoms with van der Waals surface area (Å²) >= 11 is 0. The molecule has 3 N–H and O–H groups in total. The third-order valence-electron chi connectivity index (χ3n) is 2.77. The molecule has 1 aliphatic carbocycles. The molecule has 1 saturated carbocycles. The summed E-state index contributed by atoms with van der Waals surface area (Å²) in [4.78, 5) is 11.5. The molecule has 0 bridgehead atoms. The molecule has 0 radical (unpaired) electrons. The van der Waals surface area contributed by atoms with Crippen LogP contribution in [0.2, 0.25) is 0 Å². The zero-order valence-corrected chi connectivity index (χ0v) is 9.31. The largest absolute Gasteiger partial charge is 0.399 e. The highest BCUT2D eigenvalue weighted by Gasteiger charge is 2.33. The fraction of sp³-hybridized carbons (Fsp3) is 0.308. The Morgan fingerprint density at radius 1 is 1.56 bits per heavy atom. The number of benzene rings is 1. The lowest BCUT2D eigenvalue weighted by molar-refractivity contribution is -0.116. The van der Waals surface area contributed by atoms with E-state index in [2.05, 4.69) is 12.2 Å². The summed E-state index contributed by atoms with van der Waals surface area (Å²) in [5.41, 5.74) is 7.29. The van der Waals surface area contributed by atoms with Gasteiger partial charge in [-0.3, -0.25) is 4.79 Å². The molecule has 16 heavy (non-hydrogen) atoms. The third kappa shape index (κ3) is 2.86. The molecule has 1 amide bonds. The first-order valence-corrected chi connectivity index (χ1v) is 5.49. The summed E-state index contributed by atoms with van der Waals surface area (Å²) in [6, 6.07) is 7.82. The number of amides is 1. The van der Waals surface area contributed by atoms with Crippen LogP contribution in [0, 0.1) is 5.92 Å². The maximum absolute atomic E-state index is 11.5. The van der Waals surface area contributed by atoms with Crippen molar-refractivity contribution in [1.29, 1.82) is 0 Å². The minimum atomic E-state index is -0.0308. The first-order chi connectivity index (χ1) is 7.65. The van der Waals surface area contributed by atoms with Crippen molar-refractivity contribution in [1.82, 2.24) is 5.32 Å². The van der Waals surface area contributed by atoms with Crippen LogP contribution in [0.4, 0.5) is 5.69 Å². The van der Waals surface area contributed by atoms with Gasteiger partial charge >= 0.3 is 0 Å². The van der Waals surface area contributed by atoms with Crippen molar-refractivity contribution in [3.8, 4) is 0 Å². The van der Waals surface area contributed by atoms with Crippen molar-refractivity contribution >= 4 is 17.7 Å². The van der Waals surface area contributed by atoms with Crippen LogP contribution in [0.5, 0.6) is 0 Å². The zero-order chi connectivity index (χ0) is 11.5. The highest BCUT2D eigenvalue weighted by molar-refractivity contribution is 5.92. The highest BCUT2D eigenvalue weighted by atomic mass is 16.1. The van der Waals surface area contributed by atoms with Crippen LogP contribution in [-0.2, 0) is 4.79 Å². The van der Waals surface area contributed by atoms with Gasteiger partial charge in [0, 0.05) is 17.8 Å². The van der Waals surface area contributed by atoms with Gasteiger partial charge in [-0.1, -0.05) is 19.1 Å². The lowest BCUT2D eigenvalue weighted by Crippen LogP contribution is -2.24. The highest BCUT2D eigenvalue weighted by Crippen LogP contribution is 2.28. The van der Waals surface area contributed by atoms with Crippen molar-refractivity contribution in [2.24, 2.45) is 5.92 Å². The number of nitrogens with two attached hydrogens (primary N) is 1. The van der Waals surface area contributed by atoms with Crippen molar-refractivity contribution in [2.75, 3.05) is 5.73 Å². The Balaban J connectivity index is 1.90. The topological polar surface area (TPSA) is 55.1 Å². The van der Waals surface area contributed by atoms with Gasteiger partial charge in [0.05, 0.1) is 0 Å². The smallest absolute Gasteiger partial charge is 0.244 e. The molecule has 1 fully saturated rings. The van der Waals surface area contributed by atoms with Crippen molar-refractivity contribution in [3.05, 3.63) is 35.9 Å². The summed E-state index contributed by atoms with van der Waals surface area (Å²) in [5, 5.41) is 2.93. The molecule has 2 atom stereocenters. The molecule has 0 spiro atoms. The SMILES string of the molecule is CC1CC1NC(=O)/C=C/c1cccc(N)c1. The predicted molar refractivity (Wildman–Crippen MR) is 65.6 cm³/mol. The van der Waals surface area contributed by atoms with Gasteiger partial charge in [0.2, 0.25) is 5.91 Å². The van der Waals surface area contributed by atoms with Crippen LogP contribution in [0.3, 0.4) is 0 Å². The molecule has 84 valence electrons. The number of hydrogen-bond donors (Lipinski definition) is 2. The molecule has 0 saturated heterocycles. The molecule has 3 heteroatoms. The number of nitrogens with one attached hydrogen (secondary N) is 1. The summed E-state index contributed by atoms with van der Waals surface area (Å²) in [6.45, 7) is 2.13. The number of nitrogen functional groups attached to an aromatic ring is 1. The van der Waals surface area contributed by atoms with E-state index in [1.807, 2.05) is 24.3 Å². The molecular formula is C13H16N2O. The van der Waals surface area contributed by atoms with Crippen molar-refractivity contribution in [3.63, 3.8) is 0 Å². The van der Waals surface area contributed by atoms with E-state index in [4.69, 9.17) is 5.73 Å². The summed E-state index contributed by atoms with van der Waals surface area (Å²) in [6.07, 6.45) is 4.43. The number of carbonyl (C=O) groups is 1. The maximum Gasteiger partial charge on any atom is 0.244 e. The number of rotatable bonds is 3. The first kappa shape index (κ1) is 10.7. The quantitative estimate of drug-likeness (QED) is 0.598. The van der Waals surface area contributed by atoms with Crippen molar-refractivity contribution < 1.29 is 4.79 Å². The maximum atomic E-state index is 11.5. The molecule has 0 heterocycles. The molecule has 2 rings (SSSR count). The molecule has 0 aliphatic heterocycles. The summed E-state index contributed by atoms with van der Waals surface area (Å²) in [7, 11) is 0. The van der Waals surface area contributed by atoms with E-state index in [1.54, 1.807) is 12.2 Å². The van der Waals surface area contributed by atoms with Gasteiger partial charge in [-0.25, -0.2) is 0 Å². The average molecular weight is 216 g/mol. The Morgan fingerprint density at radius 3 is 2.94 bits per heavy atom. The second kappa shape index (κ2) is 4.39. The summed E-state index contributed by atoms with van der Waals surface area (Å²) in [5.74, 6) is 0.599. The predicted octanol–water partition coefficient (Wildman–Crippen LogP) is 1.81. The number of hydrogen-bond acceptors (Lipinski definition) is 2. The van der Waals surface area contributed by atoms with Crippen LogP contribution >= 0.6 is 0 Å². The number of carbonyl (C=O) groups excluding carboxylic acids is 1. The standard InChI is InChI=1S/C13H16N2O/c1-9-7-12(9)15-13(16)6-5-10-3-2-4-11(14)8-10/h2-6,8-9,12H,7,14H2,1H3,(H,15,16)/b6-5+. The lowest BCUT2D eigenvalue weighted by atomic mass is 10.2. The monoisotopic (exact) mass is 216 g/mol. The van der Waals surface area contributed by atoms with E-state index in [1.165, 1.54) is 0 Å². The Hall–Kier alpha value is -1.77. The van der Waals surface area contributed by atoms with Gasteiger partial charge in [-0.15, -0.1) is 0 Å². The van der Waals surface area contributed by atoms with Crippen LogP contribution < -0.4 is 11.1 Å². The lowest BCUT2D eigenvalue weighted by Gasteiger charge is -1.98. The van der Waals surface area contributed by atoms with E-state index in [0.717, 1.165) is 12.0 Å². The minimum absolute atomic E-state index is 0.0308. The van der Waals surface area contributed by atoms with Crippen LogP contribution in [0.1, 0.15) is 18.9 Å². The van der Waals surface area contributed by atoms with Gasteiger partial charge in [0.15, 0.2) is 0 Å². The van der Waals surface area contributed by atoms with Crippen LogP contribution in [0.15, 0.2) is 30.3 Å². The second-order valence-electron chi connectivity index (χ2n) is 4.33. The molecule has 1 aromatic carbocycles. The molecule has 1 aliphatic rings. The Kier molecular flexibility index (Phi) is 2.95.